The number of furan rings is 1. The van der Waals surface area contributed by atoms with Gasteiger partial charge in [-0.05, 0) is 59.7 Å². The van der Waals surface area contributed by atoms with E-state index in [-0.39, 0.29) is 23.7 Å². The highest BCUT2D eigenvalue weighted by Crippen LogP contribution is 2.33. The molecule has 37 heavy (non-hydrogen) atoms. The lowest BCUT2D eigenvalue weighted by atomic mass is 10.1. The molecule has 1 aliphatic rings. The Balaban J connectivity index is 1.44. The third kappa shape index (κ3) is 4.94. The lowest BCUT2D eigenvalue weighted by Gasteiger charge is -2.21. The molecule has 0 saturated heterocycles. The second-order valence-corrected chi connectivity index (χ2v) is 8.39. The maximum Gasteiger partial charge on any atom is 0.335 e. The highest BCUT2D eigenvalue weighted by Gasteiger charge is 2.29. The van der Waals surface area contributed by atoms with E-state index in [1.807, 2.05) is 30.3 Å². The fraction of sp³-hybridized carbons (Fsp3) is 0.0345. The minimum absolute atomic E-state index is 0.00882. The van der Waals surface area contributed by atoms with E-state index >= 15 is 0 Å². The number of nitro groups is 1. The summed E-state index contributed by atoms with van der Waals surface area (Å²) in [5, 5.41) is 20.1. The van der Waals surface area contributed by atoms with E-state index in [4.69, 9.17) is 9.52 Å². The van der Waals surface area contributed by atoms with Crippen molar-refractivity contribution in [3.05, 3.63) is 135 Å². The molecule has 8 nitrogen and oxygen atoms in total. The number of carboxylic acids is 1. The van der Waals surface area contributed by atoms with Crippen molar-refractivity contribution in [1.82, 2.24) is 4.90 Å². The monoisotopic (exact) mass is 492 g/mol. The van der Waals surface area contributed by atoms with Gasteiger partial charge in [-0.1, -0.05) is 42.5 Å². The predicted molar refractivity (Wildman–Crippen MR) is 137 cm³/mol. The Labute approximate surface area is 211 Å². The number of rotatable bonds is 7. The number of carboxylic acid groups (broad SMARTS) is 1. The molecule has 8 heteroatoms. The normalized spacial score (nSPS) is 14.2. The van der Waals surface area contributed by atoms with E-state index in [2.05, 4.69) is 0 Å². The third-order valence-corrected chi connectivity index (χ3v) is 5.97. The molecule has 5 rings (SSSR count). The second-order valence-electron chi connectivity index (χ2n) is 8.39. The Morgan fingerprint density at radius 1 is 0.919 bits per heavy atom. The first-order valence-corrected chi connectivity index (χ1v) is 11.4. The van der Waals surface area contributed by atoms with E-state index in [0.29, 0.717) is 22.7 Å². The molecule has 182 valence electrons. The SMILES string of the molecule is O=C(O)c1ccc(CN2C(=O)/C(=C/c3ccc(-c4ccc([N+](=O)[O-])cc4)o3)C=C2c2ccccc2)cc1. The molecule has 1 aliphatic heterocycles. The van der Waals surface area contributed by atoms with Crippen LogP contribution >= 0.6 is 0 Å². The summed E-state index contributed by atoms with van der Waals surface area (Å²) in [4.78, 5) is 36.7. The molecule has 0 radical (unpaired) electrons. The largest absolute Gasteiger partial charge is 0.478 e. The van der Waals surface area contributed by atoms with Crippen LogP contribution in [0.5, 0.6) is 0 Å². The van der Waals surface area contributed by atoms with E-state index in [9.17, 15) is 19.7 Å². The highest BCUT2D eigenvalue weighted by molar-refractivity contribution is 6.10. The summed E-state index contributed by atoms with van der Waals surface area (Å²) in [6, 6.07) is 25.5. The molecule has 0 bridgehead atoms. The number of nitrogens with zero attached hydrogens (tertiary/aromatic N) is 2. The van der Waals surface area contributed by atoms with Gasteiger partial charge in [0.05, 0.1) is 22.7 Å². The third-order valence-electron chi connectivity index (χ3n) is 5.97. The molecule has 0 unspecified atom stereocenters. The van der Waals surface area contributed by atoms with Crippen LogP contribution in [0.25, 0.3) is 23.1 Å². The fourth-order valence-electron chi connectivity index (χ4n) is 4.08. The molecular formula is C29H20N2O6. The minimum Gasteiger partial charge on any atom is -0.478 e. The van der Waals surface area contributed by atoms with Crippen LogP contribution in [0, 0.1) is 10.1 Å². The lowest BCUT2D eigenvalue weighted by molar-refractivity contribution is -0.384. The van der Waals surface area contributed by atoms with Gasteiger partial charge >= 0.3 is 5.97 Å². The number of carbonyl (C=O) groups is 2. The molecule has 1 aromatic heterocycles. The highest BCUT2D eigenvalue weighted by atomic mass is 16.6. The number of nitro benzene ring substituents is 1. The van der Waals surface area contributed by atoms with Gasteiger partial charge in [-0.2, -0.15) is 0 Å². The van der Waals surface area contributed by atoms with Crippen molar-refractivity contribution in [1.29, 1.82) is 0 Å². The maximum absolute atomic E-state index is 13.5. The van der Waals surface area contributed by atoms with Crippen LogP contribution in [-0.2, 0) is 11.3 Å². The molecule has 0 aliphatic carbocycles. The Morgan fingerprint density at radius 3 is 2.27 bits per heavy atom. The summed E-state index contributed by atoms with van der Waals surface area (Å²) >= 11 is 0. The number of amides is 1. The summed E-state index contributed by atoms with van der Waals surface area (Å²) in [6.07, 6.45) is 3.46. The summed E-state index contributed by atoms with van der Waals surface area (Å²) in [6.45, 7) is 0.267. The van der Waals surface area contributed by atoms with Crippen LogP contribution in [0.2, 0.25) is 0 Å². The molecule has 0 atom stereocenters. The van der Waals surface area contributed by atoms with Crippen molar-refractivity contribution >= 4 is 29.3 Å². The summed E-state index contributed by atoms with van der Waals surface area (Å²) < 4.78 is 5.91. The molecule has 1 amide bonds. The number of benzene rings is 3. The quantitative estimate of drug-likeness (QED) is 0.192. The number of carbonyl (C=O) groups excluding carboxylic acids is 1. The van der Waals surface area contributed by atoms with Gasteiger partial charge in [0.1, 0.15) is 11.5 Å². The zero-order chi connectivity index (χ0) is 25.9. The molecular weight excluding hydrogens is 472 g/mol. The summed E-state index contributed by atoms with van der Waals surface area (Å²) in [5.41, 5.74) is 3.67. The second kappa shape index (κ2) is 9.79. The van der Waals surface area contributed by atoms with Crippen molar-refractivity contribution < 1.29 is 24.0 Å². The van der Waals surface area contributed by atoms with E-state index in [1.165, 1.54) is 24.3 Å². The molecule has 1 N–H and O–H groups in total. The first-order chi connectivity index (χ1) is 17.9. The maximum atomic E-state index is 13.5. The van der Waals surface area contributed by atoms with Gasteiger partial charge in [-0.25, -0.2) is 4.79 Å². The van der Waals surface area contributed by atoms with Gasteiger partial charge in [0.25, 0.3) is 11.6 Å². The van der Waals surface area contributed by atoms with Crippen molar-refractivity contribution in [3.63, 3.8) is 0 Å². The Morgan fingerprint density at radius 2 is 1.62 bits per heavy atom. The number of non-ortho nitro benzene ring substituents is 1. The predicted octanol–water partition coefficient (Wildman–Crippen LogP) is 6.02. The Hall–Kier alpha value is -5.24. The van der Waals surface area contributed by atoms with Crippen molar-refractivity contribution in [3.8, 4) is 11.3 Å². The van der Waals surface area contributed by atoms with Crippen molar-refractivity contribution in [2.75, 3.05) is 0 Å². The zero-order valence-corrected chi connectivity index (χ0v) is 19.4. The first kappa shape index (κ1) is 23.5. The molecule has 0 spiro atoms. The smallest absolute Gasteiger partial charge is 0.335 e. The van der Waals surface area contributed by atoms with Gasteiger partial charge in [0, 0.05) is 23.3 Å². The van der Waals surface area contributed by atoms with Crippen LogP contribution in [0.4, 0.5) is 5.69 Å². The number of hydrogen-bond donors (Lipinski definition) is 1. The topological polar surface area (TPSA) is 114 Å². The van der Waals surface area contributed by atoms with Crippen molar-refractivity contribution in [2.45, 2.75) is 6.54 Å². The molecule has 2 heterocycles. The summed E-state index contributed by atoms with van der Waals surface area (Å²) in [7, 11) is 0. The van der Waals surface area contributed by atoms with Gasteiger partial charge in [-0.15, -0.1) is 0 Å². The number of hydrogen-bond acceptors (Lipinski definition) is 5. The van der Waals surface area contributed by atoms with E-state index < -0.39 is 10.9 Å². The van der Waals surface area contributed by atoms with Gasteiger partial charge in [0.15, 0.2) is 0 Å². The van der Waals surface area contributed by atoms with Crippen molar-refractivity contribution in [2.24, 2.45) is 0 Å². The van der Waals surface area contributed by atoms with Crippen LogP contribution in [0.3, 0.4) is 0 Å². The summed E-state index contributed by atoms with van der Waals surface area (Å²) in [5.74, 6) is -0.234. The van der Waals surface area contributed by atoms with Crippen LogP contribution in [-0.4, -0.2) is 26.8 Å². The number of aromatic carboxylic acids is 1. The molecule has 3 aromatic carbocycles. The minimum atomic E-state index is -1.01. The van der Waals surface area contributed by atoms with E-state index in [1.54, 1.807) is 53.5 Å². The molecule has 0 fully saturated rings. The van der Waals surface area contributed by atoms with Gasteiger partial charge in [0.2, 0.25) is 0 Å². The Bertz CT molecular complexity index is 1550. The molecule has 0 saturated carbocycles. The van der Waals surface area contributed by atoms with E-state index in [0.717, 1.165) is 16.8 Å². The van der Waals surface area contributed by atoms with Gasteiger partial charge < -0.3 is 14.4 Å². The Kier molecular flexibility index (Phi) is 6.22. The van der Waals surface area contributed by atoms with Gasteiger partial charge in [-0.3, -0.25) is 14.9 Å². The molecule has 4 aromatic rings. The van der Waals surface area contributed by atoms with Crippen LogP contribution < -0.4 is 0 Å². The fourth-order valence-corrected chi connectivity index (χ4v) is 4.08. The average Bonchev–Trinajstić information content (AvgIpc) is 3.50. The lowest BCUT2D eigenvalue weighted by Crippen LogP contribution is -2.25. The van der Waals surface area contributed by atoms with Crippen LogP contribution in [0.1, 0.15) is 27.2 Å². The zero-order valence-electron chi connectivity index (χ0n) is 19.4. The average molecular weight is 492 g/mol. The van der Waals surface area contributed by atoms with Crippen LogP contribution in [0.15, 0.2) is 107 Å². The first-order valence-electron chi connectivity index (χ1n) is 11.4. The standard InChI is InChI=1S/C29H20N2O6/c32-28-23(16-25-14-15-27(37-25)21-10-12-24(13-11-21)31(35)36)17-26(20-4-2-1-3-5-20)30(28)18-19-6-8-22(9-7-19)29(33)34/h1-17H,18H2,(H,33,34)/b23-16+.